The fraction of sp³-hybridized carbons (Fsp3) is 0.167. The van der Waals surface area contributed by atoms with Gasteiger partial charge in [0, 0.05) is 28.4 Å². The van der Waals surface area contributed by atoms with E-state index in [1.54, 1.807) is 28.2 Å². The largest absolute Gasteiger partial charge is 0.489 e. The van der Waals surface area contributed by atoms with Crippen LogP contribution in [0.4, 0.5) is 4.79 Å². The first-order valence-electron chi connectivity index (χ1n) is 10.0. The lowest BCUT2D eigenvalue weighted by Crippen LogP contribution is -2.33. The number of pyridine rings is 1. The van der Waals surface area contributed by atoms with Crippen LogP contribution in [0.15, 0.2) is 71.7 Å². The molecule has 31 heavy (non-hydrogen) atoms. The van der Waals surface area contributed by atoms with Gasteiger partial charge in [0.25, 0.3) is 5.56 Å². The van der Waals surface area contributed by atoms with Crippen LogP contribution in [-0.2, 0) is 19.6 Å². The van der Waals surface area contributed by atoms with Crippen molar-refractivity contribution in [3.8, 4) is 11.4 Å². The van der Waals surface area contributed by atoms with Crippen molar-refractivity contribution in [1.29, 1.82) is 0 Å². The molecule has 7 heteroatoms. The normalized spacial score (nSPS) is 13.2. The smallest absolute Gasteiger partial charge is 0.407 e. The highest BCUT2D eigenvalue weighted by Crippen LogP contribution is 2.36. The molecule has 2 aromatic heterocycles. The molecule has 0 spiro atoms. The topological polar surface area (TPSA) is 71.8 Å². The molecular formula is C24H20N2O4S. The SMILES string of the molecule is O=C(O)N1CCc2c(sc3cc(-n4ccc(OCc5ccccc5)cc4=O)ccc23)C1. The van der Waals surface area contributed by atoms with Crippen LogP contribution in [0, 0.1) is 0 Å². The van der Waals surface area contributed by atoms with Crippen molar-refractivity contribution in [2.45, 2.75) is 19.6 Å². The molecule has 6 nitrogen and oxygen atoms in total. The van der Waals surface area contributed by atoms with Gasteiger partial charge in [-0.1, -0.05) is 36.4 Å². The number of fused-ring (bicyclic) bond motifs is 3. The highest BCUT2D eigenvalue weighted by Gasteiger charge is 2.23. The second kappa shape index (κ2) is 7.92. The lowest BCUT2D eigenvalue weighted by Gasteiger charge is -2.23. The van der Waals surface area contributed by atoms with Crippen LogP contribution in [0.3, 0.4) is 0 Å². The molecule has 0 aliphatic carbocycles. The van der Waals surface area contributed by atoms with Gasteiger partial charge in [-0.2, -0.15) is 0 Å². The van der Waals surface area contributed by atoms with Crippen LogP contribution in [0.1, 0.15) is 16.0 Å². The first-order chi connectivity index (χ1) is 15.1. The van der Waals surface area contributed by atoms with Gasteiger partial charge in [0.2, 0.25) is 0 Å². The number of hydrogen-bond donors (Lipinski definition) is 1. The van der Waals surface area contributed by atoms with Gasteiger partial charge in [-0.3, -0.25) is 9.36 Å². The molecular weight excluding hydrogens is 412 g/mol. The Morgan fingerprint density at radius 1 is 1.10 bits per heavy atom. The number of rotatable bonds is 4. The van der Waals surface area contributed by atoms with Crippen LogP contribution >= 0.6 is 11.3 Å². The summed E-state index contributed by atoms with van der Waals surface area (Å²) in [6.07, 6.45) is 1.56. The maximum absolute atomic E-state index is 12.7. The van der Waals surface area contributed by atoms with Crippen LogP contribution < -0.4 is 10.3 Å². The molecule has 3 heterocycles. The Labute approximate surface area is 182 Å². The minimum Gasteiger partial charge on any atom is -0.489 e. The number of nitrogens with zero attached hydrogens (tertiary/aromatic N) is 2. The van der Waals surface area contributed by atoms with E-state index in [0.717, 1.165) is 26.2 Å². The van der Waals surface area contributed by atoms with E-state index in [4.69, 9.17) is 4.74 Å². The van der Waals surface area contributed by atoms with E-state index < -0.39 is 6.09 Å². The summed E-state index contributed by atoms with van der Waals surface area (Å²) in [6.45, 7) is 1.34. The lowest BCUT2D eigenvalue weighted by molar-refractivity contribution is 0.140. The average Bonchev–Trinajstić information content (AvgIpc) is 3.15. The van der Waals surface area contributed by atoms with Gasteiger partial charge >= 0.3 is 6.09 Å². The van der Waals surface area contributed by atoms with E-state index in [2.05, 4.69) is 0 Å². The second-order valence-electron chi connectivity index (χ2n) is 7.48. The van der Waals surface area contributed by atoms with Crippen molar-refractivity contribution in [1.82, 2.24) is 9.47 Å². The Morgan fingerprint density at radius 2 is 1.94 bits per heavy atom. The number of benzene rings is 2. The molecule has 4 aromatic rings. The summed E-state index contributed by atoms with van der Waals surface area (Å²) in [6, 6.07) is 19.1. The Balaban J connectivity index is 1.40. The van der Waals surface area contributed by atoms with E-state index in [-0.39, 0.29) is 5.56 Å². The molecule has 0 fully saturated rings. The van der Waals surface area contributed by atoms with Gasteiger partial charge in [0.05, 0.1) is 12.2 Å². The summed E-state index contributed by atoms with van der Waals surface area (Å²) in [7, 11) is 0. The van der Waals surface area contributed by atoms with Gasteiger partial charge in [-0.05, 0) is 41.1 Å². The van der Waals surface area contributed by atoms with Crippen molar-refractivity contribution in [2.24, 2.45) is 0 Å². The van der Waals surface area contributed by atoms with Gasteiger partial charge in [0.1, 0.15) is 12.4 Å². The van der Waals surface area contributed by atoms with Gasteiger partial charge < -0.3 is 14.7 Å². The quantitative estimate of drug-likeness (QED) is 0.509. The molecule has 156 valence electrons. The first kappa shape index (κ1) is 19.4. The third-order valence-corrected chi connectivity index (χ3v) is 6.69. The standard InChI is InChI=1S/C24H20N2O4S/c27-23-13-18(30-15-16-4-2-1-3-5-16)8-11-26(23)17-6-7-19-20-9-10-25(24(28)29)14-22(20)31-21(19)12-17/h1-8,11-13H,9-10,14-15H2,(H,28,29). The molecule has 1 aliphatic heterocycles. The maximum Gasteiger partial charge on any atom is 0.407 e. The third-order valence-electron chi connectivity index (χ3n) is 5.51. The summed E-state index contributed by atoms with van der Waals surface area (Å²) >= 11 is 1.60. The van der Waals surface area contributed by atoms with Crippen molar-refractivity contribution >= 4 is 27.5 Å². The molecule has 2 aromatic carbocycles. The Kier molecular flexibility index (Phi) is 4.95. The first-order valence-corrected chi connectivity index (χ1v) is 10.8. The zero-order valence-corrected chi connectivity index (χ0v) is 17.5. The second-order valence-corrected chi connectivity index (χ2v) is 8.62. The summed E-state index contributed by atoms with van der Waals surface area (Å²) in [5.74, 6) is 0.534. The summed E-state index contributed by atoms with van der Waals surface area (Å²) < 4.78 is 8.41. The van der Waals surface area contributed by atoms with E-state index >= 15 is 0 Å². The summed E-state index contributed by atoms with van der Waals surface area (Å²) in [4.78, 5) is 26.5. The fourth-order valence-electron chi connectivity index (χ4n) is 3.91. The lowest BCUT2D eigenvalue weighted by atomic mass is 10.0. The van der Waals surface area contributed by atoms with Gasteiger partial charge in [0.15, 0.2) is 0 Å². The van der Waals surface area contributed by atoms with E-state index in [9.17, 15) is 14.7 Å². The Hall–Kier alpha value is -3.58. The third kappa shape index (κ3) is 3.80. The van der Waals surface area contributed by atoms with Crippen molar-refractivity contribution in [3.63, 3.8) is 0 Å². The molecule has 1 N–H and O–H groups in total. The van der Waals surface area contributed by atoms with E-state index in [1.165, 1.54) is 16.5 Å². The molecule has 0 saturated heterocycles. The molecule has 0 radical (unpaired) electrons. The summed E-state index contributed by atoms with van der Waals surface area (Å²) in [5, 5.41) is 10.4. The Morgan fingerprint density at radius 3 is 2.71 bits per heavy atom. The molecule has 0 atom stereocenters. The molecule has 0 unspecified atom stereocenters. The number of amides is 1. The van der Waals surface area contributed by atoms with Crippen molar-refractivity contribution in [2.75, 3.05) is 6.54 Å². The zero-order chi connectivity index (χ0) is 21.4. The molecule has 0 saturated carbocycles. The average molecular weight is 433 g/mol. The van der Waals surface area contributed by atoms with Crippen LogP contribution in [0.25, 0.3) is 15.8 Å². The molecule has 0 bridgehead atoms. The van der Waals surface area contributed by atoms with E-state index in [0.29, 0.717) is 31.9 Å². The minimum absolute atomic E-state index is 0.164. The van der Waals surface area contributed by atoms with Gasteiger partial charge in [-0.15, -0.1) is 11.3 Å². The minimum atomic E-state index is -0.884. The van der Waals surface area contributed by atoms with Crippen molar-refractivity contribution < 1.29 is 14.6 Å². The van der Waals surface area contributed by atoms with Crippen LogP contribution in [0.2, 0.25) is 0 Å². The molecule has 1 aliphatic rings. The number of hydrogen-bond acceptors (Lipinski definition) is 4. The molecule has 5 rings (SSSR count). The van der Waals surface area contributed by atoms with Crippen LogP contribution in [0.5, 0.6) is 5.75 Å². The number of carboxylic acid groups (broad SMARTS) is 1. The number of ether oxygens (including phenoxy) is 1. The zero-order valence-electron chi connectivity index (χ0n) is 16.7. The fourth-order valence-corrected chi connectivity index (χ4v) is 5.21. The monoisotopic (exact) mass is 432 g/mol. The number of aromatic nitrogens is 1. The predicted molar refractivity (Wildman–Crippen MR) is 120 cm³/mol. The van der Waals surface area contributed by atoms with Crippen LogP contribution in [-0.4, -0.2) is 27.2 Å². The highest BCUT2D eigenvalue weighted by molar-refractivity contribution is 7.19. The predicted octanol–water partition coefficient (Wildman–Crippen LogP) is 4.67. The number of carbonyl (C=O) groups is 1. The molecule has 1 amide bonds. The van der Waals surface area contributed by atoms with Gasteiger partial charge in [-0.25, -0.2) is 4.79 Å². The summed E-state index contributed by atoms with van der Waals surface area (Å²) in [5.41, 5.74) is 2.88. The Bertz CT molecular complexity index is 1330. The highest BCUT2D eigenvalue weighted by atomic mass is 32.1. The van der Waals surface area contributed by atoms with E-state index in [1.807, 2.05) is 48.5 Å². The number of thiophene rings is 1. The maximum atomic E-state index is 12.7. The van der Waals surface area contributed by atoms with Crippen molar-refractivity contribution in [3.05, 3.63) is 93.2 Å².